The van der Waals surface area contributed by atoms with Gasteiger partial charge in [0.15, 0.2) is 0 Å². The van der Waals surface area contributed by atoms with Gasteiger partial charge in [-0.15, -0.1) is 0 Å². The summed E-state index contributed by atoms with van der Waals surface area (Å²) in [5.74, 6) is 0.654. The summed E-state index contributed by atoms with van der Waals surface area (Å²) >= 11 is 0. The van der Waals surface area contributed by atoms with Gasteiger partial charge in [0.1, 0.15) is 11.5 Å². The molecule has 1 aromatic carbocycles. The Labute approximate surface area is 191 Å². The van der Waals surface area contributed by atoms with E-state index in [1.807, 2.05) is 36.2 Å². The summed E-state index contributed by atoms with van der Waals surface area (Å²) in [5, 5.41) is 7.41. The van der Waals surface area contributed by atoms with Crippen LogP contribution in [0.2, 0.25) is 0 Å². The molecule has 0 radical (unpaired) electrons. The van der Waals surface area contributed by atoms with Gasteiger partial charge in [0.25, 0.3) is 6.43 Å². The first kappa shape index (κ1) is 22.8. The minimum Gasteiger partial charge on any atom is -0.497 e. The number of halogens is 2. The van der Waals surface area contributed by atoms with Crippen molar-refractivity contribution in [3.63, 3.8) is 0 Å². The number of carbonyl (C=O) groups excluding carboxylic acids is 1. The first-order valence-corrected chi connectivity index (χ1v) is 10.7. The topological polar surface area (TPSA) is 73.6 Å². The monoisotopic (exact) mass is 456 g/mol. The zero-order valence-electron chi connectivity index (χ0n) is 18.6. The molecular formula is C23H26F2N6O2. The van der Waals surface area contributed by atoms with Gasteiger partial charge in [-0.05, 0) is 31.3 Å². The van der Waals surface area contributed by atoms with E-state index in [4.69, 9.17) is 4.74 Å². The number of methoxy groups -OCH3 is 1. The number of alkyl halides is 2. The molecule has 0 N–H and O–H groups in total. The van der Waals surface area contributed by atoms with E-state index >= 15 is 0 Å². The summed E-state index contributed by atoms with van der Waals surface area (Å²) in [4.78, 5) is 23.6. The number of rotatable bonds is 6. The van der Waals surface area contributed by atoms with Crippen LogP contribution < -0.4 is 9.64 Å². The van der Waals surface area contributed by atoms with Gasteiger partial charge in [-0.2, -0.15) is 10.2 Å². The highest BCUT2D eigenvalue weighted by molar-refractivity contribution is 6.15. The molecule has 1 fully saturated rings. The van der Waals surface area contributed by atoms with Crippen LogP contribution in [0.25, 0.3) is 0 Å². The number of hydrogen-bond acceptors (Lipinski definition) is 6. The number of urea groups is 1. The summed E-state index contributed by atoms with van der Waals surface area (Å²) in [6.07, 6.45) is -1.02. The summed E-state index contributed by atoms with van der Waals surface area (Å²) in [5.41, 5.74) is 2.23. The fourth-order valence-corrected chi connectivity index (χ4v) is 3.71. The Hall–Kier alpha value is -3.40. The molecular weight excluding hydrogens is 430 g/mol. The molecule has 4 rings (SSSR count). The molecule has 0 unspecified atom stereocenters. The number of benzene rings is 1. The van der Waals surface area contributed by atoms with E-state index < -0.39 is 6.43 Å². The molecule has 2 amide bonds. The number of aromatic nitrogens is 1. The molecule has 2 aliphatic heterocycles. The quantitative estimate of drug-likeness (QED) is 0.669. The van der Waals surface area contributed by atoms with Crippen LogP contribution in [0.5, 0.6) is 5.75 Å². The van der Waals surface area contributed by atoms with E-state index in [-0.39, 0.29) is 24.7 Å². The van der Waals surface area contributed by atoms with Crippen molar-refractivity contribution in [2.75, 3.05) is 45.2 Å². The molecule has 0 aliphatic carbocycles. The Kier molecular flexibility index (Phi) is 6.93. The van der Waals surface area contributed by atoms with E-state index in [1.165, 1.54) is 0 Å². The van der Waals surface area contributed by atoms with Crippen LogP contribution in [0.3, 0.4) is 0 Å². The van der Waals surface area contributed by atoms with Gasteiger partial charge < -0.3 is 14.5 Å². The first-order chi connectivity index (χ1) is 15.9. The van der Waals surface area contributed by atoms with Crippen LogP contribution in [0, 0.1) is 0 Å². The zero-order chi connectivity index (χ0) is 23.4. The molecule has 2 aliphatic rings. The van der Waals surface area contributed by atoms with Gasteiger partial charge in [0.2, 0.25) is 0 Å². The molecule has 0 spiro atoms. The normalized spacial score (nSPS) is 16.6. The first-order valence-electron chi connectivity index (χ1n) is 10.7. The molecule has 33 heavy (non-hydrogen) atoms. The second-order valence-corrected chi connectivity index (χ2v) is 8.01. The van der Waals surface area contributed by atoms with Crippen molar-refractivity contribution in [2.24, 2.45) is 10.2 Å². The molecule has 0 atom stereocenters. The molecule has 0 saturated carbocycles. The SMILES string of the molecule is COc1cccc(N(Cc2ccc(C3=NN=C(C(F)F)C3)cn2)C(=O)N2CCN(C)CC2)c1. The molecule has 10 heteroatoms. The highest BCUT2D eigenvalue weighted by atomic mass is 19.3. The lowest BCUT2D eigenvalue weighted by molar-refractivity contribution is 0.159. The highest BCUT2D eigenvalue weighted by Crippen LogP contribution is 2.24. The van der Waals surface area contributed by atoms with Crippen molar-refractivity contribution >= 4 is 23.1 Å². The van der Waals surface area contributed by atoms with Crippen LogP contribution in [0.4, 0.5) is 19.3 Å². The summed E-state index contributed by atoms with van der Waals surface area (Å²) in [7, 11) is 3.62. The standard InChI is InChI=1S/C23H26F2N6O2/c1-29-8-10-30(11-9-29)23(32)31(18-4-3-5-19(12-18)33-2)15-17-7-6-16(14-26-17)20-13-21(22(24)25)28-27-20/h3-7,12,14,22H,8-11,13,15H2,1-2H3. The second-order valence-electron chi connectivity index (χ2n) is 8.01. The minimum absolute atomic E-state index is 0.0104. The number of likely N-dealkylation sites (N-methyl/N-ethyl adjacent to an activating group) is 1. The lowest BCUT2D eigenvalue weighted by Gasteiger charge is -2.36. The van der Waals surface area contributed by atoms with Crippen molar-refractivity contribution in [3.8, 4) is 5.75 Å². The van der Waals surface area contributed by atoms with Crippen LogP contribution >= 0.6 is 0 Å². The number of ether oxygens (including phenoxy) is 1. The van der Waals surface area contributed by atoms with Crippen LogP contribution in [0.15, 0.2) is 52.8 Å². The maximum absolute atomic E-state index is 13.4. The molecule has 0 bridgehead atoms. The maximum Gasteiger partial charge on any atom is 0.324 e. The van der Waals surface area contributed by atoms with Crippen molar-refractivity contribution in [3.05, 3.63) is 53.9 Å². The van der Waals surface area contributed by atoms with E-state index in [0.29, 0.717) is 41.5 Å². The number of anilines is 1. The average molecular weight is 456 g/mol. The Balaban J connectivity index is 1.53. The third-order valence-corrected chi connectivity index (χ3v) is 5.75. The van der Waals surface area contributed by atoms with Crippen molar-refractivity contribution < 1.29 is 18.3 Å². The van der Waals surface area contributed by atoms with Crippen molar-refractivity contribution in [1.82, 2.24) is 14.8 Å². The van der Waals surface area contributed by atoms with Crippen molar-refractivity contribution in [1.29, 1.82) is 0 Å². The third-order valence-electron chi connectivity index (χ3n) is 5.75. The predicted octanol–water partition coefficient (Wildman–Crippen LogP) is 3.28. The fraction of sp³-hybridized carbons (Fsp3) is 0.391. The van der Waals surface area contributed by atoms with Crippen LogP contribution in [0.1, 0.15) is 17.7 Å². The maximum atomic E-state index is 13.4. The largest absolute Gasteiger partial charge is 0.497 e. The van der Waals surface area contributed by atoms with Gasteiger partial charge in [-0.3, -0.25) is 9.88 Å². The molecule has 2 aromatic rings. The Morgan fingerprint density at radius 3 is 2.58 bits per heavy atom. The summed E-state index contributed by atoms with van der Waals surface area (Å²) in [6.45, 7) is 3.18. The molecule has 8 nitrogen and oxygen atoms in total. The number of hydrogen-bond donors (Lipinski definition) is 0. The number of nitrogens with zero attached hydrogens (tertiary/aromatic N) is 6. The Bertz CT molecular complexity index is 1050. The van der Waals surface area contributed by atoms with Gasteiger partial charge in [-0.25, -0.2) is 13.6 Å². The number of amides is 2. The Morgan fingerprint density at radius 1 is 1.15 bits per heavy atom. The number of carbonyl (C=O) groups is 1. The molecule has 3 heterocycles. The van der Waals surface area contributed by atoms with E-state index in [9.17, 15) is 13.6 Å². The van der Waals surface area contributed by atoms with Crippen LogP contribution in [-0.4, -0.2) is 79.0 Å². The van der Waals surface area contributed by atoms with E-state index in [0.717, 1.165) is 13.1 Å². The van der Waals surface area contributed by atoms with Crippen LogP contribution in [-0.2, 0) is 6.54 Å². The van der Waals surface area contributed by atoms with Crippen molar-refractivity contribution in [2.45, 2.75) is 19.4 Å². The predicted molar refractivity (Wildman–Crippen MR) is 122 cm³/mol. The third kappa shape index (κ3) is 5.33. The average Bonchev–Trinajstić information content (AvgIpc) is 3.34. The number of piperazine rings is 1. The lowest BCUT2D eigenvalue weighted by Crippen LogP contribution is -2.52. The number of pyridine rings is 1. The zero-order valence-corrected chi connectivity index (χ0v) is 18.6. The summed E-state index contributed by atoms with van der Waals surface area (Å²) in [6, 6.07) is 10.8. The van der Waals surface area contributed by atoms with E-state index in [2.05, 4.69) is 20.1 Å². The second kappa shape index (κ2) is 10.0. The lowest BCUT2D eigenvalue weighted by atomic mass is 10.1. The summed E-state index contributed by atoms with van der Waals surface area (Å²) < 4.78 is 31.0. The molecule has 1 saturated heterocycles. The highest BCUT2D eigenvalue weighted by Gasteiger charge is 2.26. The van der Waals surface area contributed by atoms with Gasteiger partial charge in [0, 0.05) is 56.1 Å². The molecule has 1 aromatic heterocycles. The van der Waals surface area contributed by atoms with E-state index in [1.54, 1.807) is 30.3 Å². The smallest absolute Gasteiger partial charge is 0.324 e. The molecule has 174 valence electrons. The van der Waals surface area contributed by atoms with Gasteiger partial charge >= 0.3 is 6.03 Å². The fourth-order valence-electron chi connectivity index (χ4n) is 3.71. The minimum atomic E-state index is -2.62. The van der Waals surface area contributed by atoms with Gasteiger partial charge in [-0.1, -0.05) is 6.07 Å². The Morgan fingerprint density at radius 2 is 1.94 bits per heavy atom. The van der Waals surface area contributed by atoms with Gasteiger partial charge in [0.05, 0.1) is 25.1 Å².